The SMILES string of the molecule is O=C(c1ccccc1)N1C[C@H]2C[C@@H]3C=C[C@@]2(C1)O3. The maximum absolute atomic E-state index is 12.4. The first-order valence-corrected chi connectivity index (χ1v) is 6.48. The highest BCUT2D eigenvalue weighted by atomic mass is 16.5. The fourth-order valence-electron chi connectivity index (χ4n) is 3.46. The molecule has 3 aliphatic rings. The minimum Gasteiger partial charge on any atom is -0.361 e. The summed E-state index contributed by atoms with van der Waals surface area (Å²) in [5, 5.41) is 0. The van der Waals surface area contributed by atoms with E-state index in [-0.39, 0.29) is 11.5 Å². The largest absolute Gasteiger partial charge is 0.361 e. The Kier molecular flexibility index (Phi) is 1.98. The van der Waals surface area contributed by atoms with Gasteiger partial charge in [-0.25, -0.2) is 0 Å². The van der Waals surface area contributed by atoms with E-state index in [1.807, 2.05) is 35.2 Å². The smallest absolute Gasteiger partial charge is 0.253 e. The molecule has 1 amide bonds. The Morgan fingerprint density at radius 3 is 2.89 bits per heavy atom. The first-order chi connectivity index (χ1) is 8.77. The molecule has 1 aromatic carbocycles. The van der Waals surface area contributed by atoms with Gasteiger partial charge in [0.15, 0.2) is 0 Å². The molecule has 2 bridgehead atoms. The Balaban J connectivity index is 1.59. The molecule has 0 aromatic heterocycles. The van der Waals surface area contributed by atoms with Crippen LogP contribution in [0.1, 0.15) is 16.8 Å². The molecule has 0 aliphatic carbocycles. The molecular formula is C15H15NO2. The van der Waals surface area contributed by atoms with Crippen molar-refractivity contribution in [3.63, 3.8) is 0 Å². The molecule has 3 atom stereocenters. The van der Waals surface area contributed by atoms with E-state index in [1.165, 1.54) is 0 Å². The topological polar surface area (TPSA) is 29.5 Å². The number of carbonyl (C=O) groups excluding carboxylic acids is 1. The van der Waals surface area contributed by atoms with E-state index >= 15 is 0 Å². The van der Waals surface area contributed by atoms with Crippen molar-refractivity contribution in [1.82, 2.24) is 4.90 Å². The van der Waals surface area contributed by atoms with Gasteiger partial charge in [-0.15, -0.1) is 0 Å². The third-order valence-corrected chi connectivity index (χ3v) is 4.36. The second-order valence-electron chi connectivity index (χ2n) is 5.45. The number of fused-ring (bicyclic) bond motifs is 1. The Morgan fingerprint density at radius 1 is 1.33 bits per heavy atom. The molecule has 4 rings (SSSR count). The highest BCUT2D eigenvalue weighted by Crippen LogP contribution is 2.47. The van der Waals surface area contributed by atoms with Gasteiger partial charge in [0.25, 0.3) is 5.91 Å². The lowest BCUT2D eigenvalue weighted by molar-refractivity contribution is 0.0229. The van der Waals surface area contributed by atoms with Crippen LogP contribution in [0.3, 0.4) is 0 Å². The summed E-state index contributed by atoms with van der Waals surface area (Å²) in [6.45, 7) is 1.53. The van der Waals surface area contributed by atoms with Crippen LogP contribution >= 0.6 is 0 Å². The van der Waals surface area contributed by atoms with Crippen molar-refractivity contribution in [2.75, 3.05) is 13.1 Å². The van der Waals surface area contributed by atoms with Crippen molar-refractivity contribution in [1.29, 1.82) is 0 Å². The van der Waals surface area contributed by atoms with Gasteiger partial charge in [0.2, 0.25) is 0 Å². The van der Waals surface area contributed by atoms with Crippen LogP contribution in [0.4, 0.5) is 0 Å². The van der Waals surface area contributed by atoms with Crippen LogP contribution in [0.5, 0.6) is 0 Å². The third-order valence-electron chi connectivity index (χ3n) is 4.36. The molecule has 0 unspecified atom stereocenters. The second-order valence-corrected chi connectivity index (χ2v) is 5.45. The van der Waals surface area contributed by atoms with Crippen LogP contribution in [0.2, 0.25) is 0 Å². The molecule has 1 aromatic rings. The summed E-state index contributed by atoms with van der Waals surface area (Å²) in [5.41, 5.74) is 0.599. The van der Waals surface area contributed by atoms with E-state index in [9.17, 15) is 4.79 Å². The van der Waals surface area contributed by atoms with Gasteiger partial charge in [-0.1, -0.05) is 30.4 Å². The van der Waals surface area contributed by atoms with Gasteiger partial charge in [-0.2, -0.15) is 0 Å². The van der Waals surface area contributed by atoms with Crippen LogP contribution in [-0.2, 0) is 4.74 Å². The Bertz CT molecular complexity index is 525. The molecule has 0 saturated carbocycles. The molecule has 3 heteroatoms. The molecule has 18 heavy (non-hydrogen) atoms. The maximum atomic E-state index is 12.4. The highest BCUT2D eigenvalue weighted by molar-refractivity contribution is 5.94. The fraction of sp³-hybridized carbons (Fsp3) is 0.400. The summed E-state index contributed by atoms with van der Waals surface area (Å²) >= 11 is 0. The van der Waals surface area contributed by atoms with Crippen molar-refractivity contribution in [3.05, 3.63) is 48.0 Å². The minimum absolute atomic E-state index is 0.125. The first kappa shape index (κ1) is 10.3. The summed E-state index contributed by atoms with van der Waals surface area (Å²) in [5.74, 6) is 0.611. The molecular weight excluding hydrogens is 226 g/mol. The average molecular weight is 241 g/mol. The zero-order chi connectivity index (χ0) is 12.2. The van der Waals surface area contributed by atoms with Crippen LogP contribution in [0.25, 0.3) is 0 Å². The van der Waals surface area contributed by atoms with Crippen LogP contribution in [-0.4, -0.2) is 35.6 Å². The predicted octanol–water partition coefficient (Wildman–Crippen LogP) is 1.86. The van der Waals surface area contributed by atoms with E-state index in [0.717, 1.165) is 18.5 Å². The number of likely N-dealkylation sites (tertiary alicyclic amines) is 1. The zero-order valence-corrected chi connectivity index (χ0v) is 10.1. The van der Waals surface area contributed by atoms with Gasteiger partial charge in [0.05, 0.1) is 12.6 Å². The van der Waals surface area contributed by atoms with Crippen molar-refractivity contribution in [2.45, 2.75) is 18.1 Å². The summed E-state index contributed by atoms with van der Waals surface area (Å²) in [6.07, 6.45) is 5.68. The Morgan fingerprint density at radius 2 is 2.17 bits per heavy atom. The lowest BCUT2D eigenvalue weighted by Gasteiger charge is -2.22. The molecule has 3 aliphatic heterocycles. The fourth-order valence-corrected chi connectivity index (χ4v) is 3.46. The van der Waals surface area contributed by atoms with Gasteiger partial charge >= 0.3 is 0 Å². The standard InChI is InChI=1S/C15H15NO2/c17-14(11-4-2-1-3-5-11)16-9-12-8-13-6-7-15(12,10-16)18-13/h1-7,12-13H,8-10H2/t12-,13+,15+/m1/s1. The maximum Gasteiger partial charge on any atom is 0.253 e. The van der Waals surface area contributed by atoms with Gasteiger partial charge in [-0.3, -0.25) is 4.79 Å². The Labute approximate surface area is 106 Å². The van der Waals surface area contributed by atoms with Gasteiger partial charge in [0.1, 0.15) is 5.60 Å². The normalized spacial score (nSPS) is 36.1. The lowest BCUT2D eigenvalue weighted by atomic mass is 9.86. The third kappa shape index (κ3) is 1.31. The zero-order valence-electron chi connectivity index (χ0n) is 10.1. The molecule has 2 fully saturated rings. The summed E-state index contributed by atoms with van der Waals surface area (Å²) in [7, 11) is 0. The molecule has 92 valence electrons. The van der Waals surface area contributed by atoms with Crippen molar-refractivity contribution >= 4 is 5.91 Å². The van der Waals surface area contributed by atoms with E-state index in [1.54, 1.807) is 0 Å². The number of hydrogen-bond acceptors (Lipinski definition) is 2. The number of amides is 1. The van der Waals surface area contributed by atoms with Gasteiger partial charge in [-0.05, 0) is 18.6 Å². The number of nitrogens with zero attached hydrogens (tertiary/aromatic N) is 1. The molecule has 3 heterocycles. The minimum atomic E-state index is -0.172. The molecule has 2 saturated heterocycles. The quantitative estimate of drug-likeness (QED) is 0.702. The van der Waals surface area contributed by atoms with Gasteiger partial charge in [0, 0.05) is 18.0 Å². The van der Waals surface area contributed by atoms with Crippen molar-refractivity contribution in [2.24, 2.45) is 5.92 Å². The second kappa shape index (κ2) is 3.45. The highest BCUT2D eigenvalue weighted by Gasteiger charge is 2.56. The van der Waals surface area contributed by atoms with Gasteiger partial charge < -0.3 is 9.64 Å². The number of ether oxygens (including phenoxy) is 1. The summed E-state index contributed by atoms with van der Waals surface area (Å²) < 4.78 is 6.00. The number of hydrogen-bond donors (Lipinski definition) is 0. The lowest BCUT2D eigenvalue weighted by Crippen LogP contribution is -2.35. The van der Waals surface area contributed by atoms with Crippen molar-refractivity contribution < 1.29 is 9.53 Å². The van der Waals surface area contributed by atoms with E-state index in [0.29, 0.717) is 18.6 Å². The monoisotopic (exact) mass is 241 g/mol. The van der Waals surface area contributed by atoms with Crippen LogP contribution < -0.4 is 0 Å². The van der Waals surface area contributed by atoms with Crippen LogP contribution in [0, 0.1) is 5.92 Å². The van der Waals surface area contributed by atoms with E-state index in [2.05, 4.69) is 12.2 Å². The van der Waals surface area contributed by atoms with E-state index < -0.39 is 0 Å². The first-order valence-electron chi connectivity index (χ1n) is 6.48. The van der Waals surface area contributed by atoms with Crippen LogP contribution in [0.15, 0.2) is 42.5 Å². The number of carbonyl (C=O) groups is 1. The van der Waals surface area contributed by atoms with Crippen molar-refractivity contribution in [3.8, 4) is 0 Å². The number of rotatable bonds is 1. The summed E-state index contributed by atoms with van der Waals surface area (Å²) in [4.78, 5) is 14.3. The molecule has 1 spiro atoms. The predicted molar refractivity (Wildman–Crippen MR) is 67.2 cm³/mol. The molecule has 0 radical (unpaired) electrons. The van der Waals surface area contributed by atoms with E-state index in [4.69, 9.17) is 4.74 Å². The average Bonchev–Trinajstić information content (AvgIpc) is 3.05. The Hall–Kier alpha value is -1.61. The number of benzene rings is 1. The molecule has 0 N–H and O–H groups in total. The summed E-state index contributed by atoms with van der Waals surface area (Å²) in [6, 6.07) is 9.50. The molecule has 3 nitrogen and oxygen atoms in total.